The van der Waals surface area contributed by atoms with E-state index in [1.165, 1.54) is 6.07 Å². The smallest absolute Gasteiger partial charge is 0.225 e. The summed E-state index contributed by atoms with van der Waals surface area (Å²) in [5.41, 5.74) is 12.4. The summed E-state index contributed by atoms with van der Waals surface area (Å²) < 4.78 is 13.4. The third-order valence-electron chi connectivity index (χ3n) is 3.72. The van der Waals surface area contributed by atoms with Gasteiger partial charge in [0.1, 0.15) is 5.82 Å². The zero-order chi connectivity index (χ0) is 13.5. The molecule has 0 spiro atoms. The maximum Gasteiger partial charge on any atom is 0.225 e. The molecule has 1 aliphatic heterocycles. The van der Waals surface area contributed by atoms with E-state index in [0.29, 0.717) is 30.8 Å². The molecule has 98 valence electrons. The average Bonchev–Trinajstić information content (AvgIpc) is 2.68. The summed E-state index contributed by atoms with van der Waals surface area (Å²) in [7, 11) is 0. The number of amides is 1. The second-order valence-corrected chi connectivity index (χ2v) is 5.26. The van der Waals surface area contributed by atoms with Crippen LogP contribution in [0.2, 0.25) is 0 Å². The number of halogens is 1. The number of nitrogen functional groups attached to an aromatic ring is 1. The number of hydrogen-bond donors (Lipinski definition) is 2. The number of nitrogens with zero attached hydrogens (tertiary/aromatic N) is 1. The number of carbonyl (C=O) groups is 1. The van der Waals surface area contributed by atoms with Gasteiger partial charge in [0.15, 0.2) is 0 Å². The Kier molecular flexibility index (Phi) is 2.92. The van der Waals surface area contributed by atoms with Crippen molar-refractivity contribution in [2.45, 2.75) is 20.3 Å². The number of anilines is 2. The Bertz CT molecular complexity index is 503. The van der Waals surface area contributed by atoms with E-state index in [4.69, 9.17) is 11.5 Å². The fourth-order valence-corrected chi connectivity index (χ4v) is 2.32. The lowest BCUT2D eigenvalue weighted by Crippen LogP contribution is -2.37. The van der Waals surface area contributed by atoms with Crippen LogP contribution in [0.1, 0.15) is 18.9 Å². The summed E-state index contributed by atoms with van der Waals surface area (Å²) in [5, 5.41) is 0. The minimum atomic E-state index is -0.533. The second-order valence-electron chi connectivity index (χ2n) is 5.26. The highest BCUT2D eigenvalue weighted by Crippen LogP contribution is 2.36. The van der Waals surface area contributed by atoms with Crippen molar-refractivity contribution in [1.29, 1.82) is 0 Å². The number of aryl methyl sites for hydroxylation is 1. The monoisotopic (exact) mass is 251 g/mol. The first-order valence-electron chi connectivity index (χ1n) is 5.94. The maximum atomic E-state index is 13.4. The van der Waals surface area contributed by atoms with Gasteiger partial charge in [-0.3, -0.25) is 4.79 Å². The van der Waals surface area contributed by atoms with Gasteiger partial charge in [-0.2, -0.15) is 0 Å². The first-order chi connectivity index (χ1) is 8.33. The number of carbonyl (C=O) groups excluding carboxylic acids is 1. The third kappa shape index (κ3) is 2.00. The van der Waals surface area contributed by atoms with Gasteiger partial charge in [0.2, 0.25) is 5.91 Å². The molecule has 1 heterocycles. The molecule has 0 aliphatic carbocycles. The molecule has 0 saturated carbocycles. The quantitative estimate of drug-likeness (QED) is 0.781. The fraction of sp³-hybridized carbons (Fsp3) is 0.462. The summed E-state index contributed by atoms with van der Waals surface area (Å²) in [6, 6.07) is 3.04. The lowest BCUT2D eigenvalue weighted by Gasteiger charge is -2.24. The molecule has 0 bridgehead atoms. The van der Waals surface area contributed by atoms with E-state index in [1.807, 2.05) is 11.8 Å². The van der Waals surface area contributed by atoms with Crippen molar-refractivity contribution >= 4 is 17.3 Å². The van der Waals surface area contributed by atoms with E-state index in [2.05, 4.69) is 0 Å². The topological polar surface area (TPSA) is 72.3 Å². The molecule has 0 radical (unpaired) electrons. The SMILES string of the molecule is Cc1cc(N2CCC(C)(C(N)=O)C2)c(N)cc1F. The molecule has 18 heavy (non-hydrogen) atoms. The van der Waals surface area contributed by atoms with Gasteiger partial charge in [0.25, 0.3) is 0 Å². The van der Waals surface area contributed by atoms with Crippen LogP contribution in [0, 0.1) is 18.2 Å². The summed E-state index contributed by atoms with van der Waals surface area (Å²) in [6.45, 7) is 4.77. The van der Waals surface area contributed by atoms with Crippen LogP contribution in [0.25, 0.3) is 0 Å². The molecular weight excluding hydrogens is 233 g/mol. The van der Waals surface area contributed by atoms with Crippen LogP contribution < -0.4 is 16.4 Å². The number of benzene rings is 1. The van der Waals surface area contributed by atoms with Gasteiger partial charge >= 0.3 is 0 Å². The van der Waals surface area contributed by atoms with Gasteiger partial charge in [-0.05, 0) is 38.0 Å². The van der Waals surface area contributed by atoms with Gasteiger partial charge in [-0.1, -0.05) is 0 Å². The van der Waals surface area contributed by atoms with Crippen LogP contribution in [-0.4, -0.2) is 19.0 Å². The molecule has 5 heteroatoms. The Hall–Kier alpha value is -1.78. The van der Waals surface area contributed by atoms with Gasteiger partial charge < -0.3 is 16.4 Å². The number of rotatable bonds is 2. The largest absolute Gasteiger partial charge is 0.397 e. The van der Waals surface area contributed by atoms with Gasteiger partial charge in [0, 0.05) is 13.1 Å². The van der Waals surface area contributed by atoms with Gasteiger partial charge in [-0.15, -0.1) is 0 Å². The zero-order valence-corrected chi connectivity index (χ0v) is 10.7. The molecule has 1 aromatic rings. The summed E-state index contributed by atoms with van der Waals surface area (Å²) >= 11 is 0. The molecule has 1 unspecified atom stereocenters. The highest BCUT2D eigenvalue weighted by molar-refractivity contribution is 5.82. The molecule has 1 atom stereocenters. The van der Waals surface area contributed by atoms with E-state index >= 15 is 0 Å². The first-order valence-corrected chi connectivity index (χ1v) is 5.94. The maximum absolute atomic E-state index is 13.4. The van der Waals surface area contributed by atoms with Crippen molar-refractivity contribution < 1.29 is 9.18 Å². The predicted octanol–water partition coefficient (Wildman–Crippen LogP) is 1.42. The van der Waals surface area contributed by atoms with Crippen molar-refractivity contribution in [1.82, 2.24) is 0 Å². The summed E-state index contributed by atoms with van der Waals surface area (Å²) in [4.78, 5) is 13.4. The van der Waals surface area contributed by atoms with Crippen molar-refractivity contribution in [3.63, 3.8) is 0 Å². The van der Waals surface area contributed by atoms with E-state index in [9.17, 15) is 9.18 Å². The van der Waals surface area contributed by atoms with Crippen LogP contribution >= 0.6 is 0 Å². The Labute approximate surface area is 106 Å². The predicted molar refractivity (Wildman–Crippen MR) is 69.7 cm³/mol. The van der Waals surface area contributed by atoms with Crippen LogP contribution in [0.3, 0.4) is 0 Å². The molecule has 4 N–H and O–H groups in total. The Morgan fingerprint density at radius 1 is 1.50 bits per heavy atom. The summed E-state index contributed by atoms with van der Waals surface area (Å²) in [5.74, 6) is -0.615. The van der Waals surface area contributed by atoms with Crippen molar-refractivity contribution in [3.05, 3.63) is 23.5 Å². The van der Waals surface area contributed by atoms with Crippen LogP contribution in [0.5, 0.6) is 0 Å². The van der Waals surface area contributed by atoms with Crippen molar-refractivity contribution in [3.8, 4) is 0 Å². The molecule has 1 amide bonds. The second kappa shape index (κ2) is 4.15. The summed E-state index contributed by atoms with van der Waals surface area (Å²) in [6.07, 6.45) is 0.693. The standard InChI is InChI=1S/C13H18FN3O/c1-8-5-11(10(15)6-9(8)14)17-4-3-13(2,7-17)12(16)18/h5-6H,3-4,7,15H2,1-2H3,(H2,16,18). The lowest BCUT2D eigenvalue weighted by atomic mass is 9.89. The lowest BCUT2D eigenvalue weighted by molar-refractivity contribution is -0.125. The third-order valence-corrected chi connectivity index (χ3v) is 3.72. The Morgan fingerprint density at radius 3 is 2.72 bits per heavy atom. The zero-order valence-electron chi connectivity index (χ0n) is 10.7. The van der Waals surface area contributed by atoms with Crippen LogP contribution in [0.4, 0.5) is 15.8 Å². The average molecular weight is 251 g/mol. The van der Waals surface area contributed by atoms with E-state index in [1.54, 1.807) is 13.0 Å². The highest BCUT2D eigenvalue weighted by Gasteiger charge is 2.39. The van der Waals surface area contributed by atoms with Gasteiger partial charge in [0.05, 0.1) is 16.8 Å². The normalized spacial score (nSPS) is 23.4. The molecule has 1 fully saturated rings. The van der Waals surface area contributed by atoms with Crippen molar-refractivity contribution in [2.75, 3.05) is 23.7 Å². The fourth-order valence-electron chi connectivity index (χ4n) is 2.32. The molecule has 1 aromatic carbocycles. The van der Waals surface area contributed by atoms with Gasteiger partial charge in [-0.25, -0.2) is 4.39 Å². The molecule has 2 rings (SSSR count). The van der Waals surface area contributed by atoms with Crippen LogP contribution in [0.15, 0.2) is 12.1 Å². The molecule has 1 saturated heterocycles. The molecule has 4 nitrogen and oxygen atoms in total. The molecule has 1 aliphatic rings. The Balaban J connectivity index is 2.30. The minimum absolute atomic E-state index is 0.303. The first kappa shape index (κ1) is 12.7. The molecular formula is C13H18FN3O. The van der Waals surface area contributed by atoms with Crippen molar-refractivity contribution in [2.24, 2.45) is 11.1 Å². The molecule has 0 aromatic heterocycles. The van der Waals surface area contributed by atoms with E-state index in [-0.39, 0.29) is 11.7 Å². The number of primary amides is 1. The highest BCUT2D eigenvalue weighted by atomic mass is 19.1. The Morgan fingerprint density at radius 2 is 2.17 bits per heavy atom. The van der Waals surface area contributed by atoms with E-state index < -0.39 is 5.41 Å². The van der Waals surface area contributed by atoms with Crippen LogP contribution in [-0.2, 0) is 4.79 Å². The number of nitrogens with two attached hydrogens (primary N) is 2. The van der Waals surface area contributed by atoms with E-state index in [0.717, 1.165) is 5.69 Å². The minimum Gasteiger partial charge on any atom is -0.397 e. The number of hydrogen-bond acceptors (Lipinski definition) is 3.